The van der Waals surface area contributed by atoms with E-state index in [0.717, 1.165) is 24.2 Å². The third-order valence-electron chi connectivity index (χ3n) is 4.44. The highest BCUT2D eigenvalue weighted by Gasteiger charge is 2.58. The minimum atomic E-state index is -0.735. The third-order valence-corrected chi connectivity index (χ3v) is 4.44. The molecule has 3 heteroatoms. The summed E-state index contributed by atoms with van der Waals surface area (Å²) >= 11 is 0. The first-order valence-electron chi connectivity index (χ1n) is 6.32. The number of hydrogen-bond donors (Lipinski definition) is 0. The Morgan fingerprint density at radius 2 is 1.88 bits per heavy atom. The SMILES string of the molecule is CC1(C)CC(=O)C2=C(C1)O[C@@]1(C)C(=O)CC[C@@H]21. The topological polar surface area (TPSA) is 43.4 Å². The van der Waals surface area contributed by atoms with Gasteiger partial charge in [0.05, 0.1) is 0 Å². The van der Waals surface area contributed by atoms with E-state index in [1.54, 1.807) is 0 Å². The van der Waals surface area contributed by atoms with E-state index in [1.165, 1.54) is 0 Å². The number of rotatable bonds is 0. The Balaban J connectivity index is 2.04. The fourth-order valence-electron chi connectivity index (χ4n) is 3.55. The highest BCUT2D eigenvalue weighted by molar-refractivity contribution is 6.02. The number of ether oxygens (including phenoxy) is 1. The Kier molecular flexibility index (Phi) is 1.94. The highest BCUT2D eigenvalue weighted by Crippen LogP contribution is 2.53. The Morgan fingerprint density at radius 1 is 1.18 bits per heavy atom. The maximum atomic E-state index is 12.2. The van der Waals surface area contributed by atoms with Gasteiger partial charge in [0, 0.05) is 30.8 Å². The van der Waals surface area contributed by atoms with Crippen LogP contribution in [0.3, 0.4) is 0 Å². The molecule has 3 rings (SSSR count). The normalized spacial score (nSPS) is 39.1. The summed E-state index contributed by atoms with van der Waals surface area (Å²) in [5.41, 5.74) is 0.0620. The Morgan fingerprint density at radius 3 is 2.59 bits per heavy atom. The number of Topliss-reactive ketones (excluding diaryl/α,β-unsaturated/α-hetero) is 2. The van der Waals surface area contributed by atoms with Crippen molar-refractivity contribution in [2.75, 3.05) is 0 Å². The van der Waals surface area contributed by atoms with E-state index < -0.39 is 5.60 Å². The third kappa shape index (κ3) is 1.34. The molecule has 0 N–H and O–H groups in total. The number of fused-ring (bicyclic) bond motifs is 2. The first kappa shape index (κ1) is 11.0. The second kappa shape index (κ2) is 3.01. The molecule has 1 aliphatic heterocycles. The van der Waals surface area contributed by atoms with Crippen molar-refractivity contribution in [3.8, 4) is 0 Å². The molecule has 0 saturated heterocycles. The molecule has 2 aliphatic carbocycles. The van der Waals surface area contributed by atoms with E-state index in [-0.39, 0.29) is 22.9 Å². The highest BCUT2D eigenvalue weighted by atomic mass is 16.5. The van der Waals surface area contributed by atoms with Crippen molar-refractivity contribution in [3.05, 3.63) is 11.3 Å². The summed E-state index contributed by atoms with van der Waals surface area (Å²) < 4.78 is 5.90. The van der Waals surface area contributed by atoms with Crippen LogP contribution in [-0.2, 0) is 14.3 Å². The molecule has 0 radical (unpaired) electrons. The van der Waals surface area contributed by atoms with Gasteiger partial charge in [-0.15, -0.1) is 0 Å². The molecule has 2 atom stereocenters. The number of carbonyl (C=O) groups is 2. The van der Waals surface area contributed by atoms with E-state index in [4.69, 9.17) is 4.74 Å². The number of allylic oxidation sites excluding steroid dienone is 1. The van der Waals surface area contributed by atoms with Crippen molar-refractivity contribution in [3.63, 3.8) is 0 Å². The van der Waals surface area contributed by atoms with Crippen LogP contribution in [0.5, 0.6) is 0 Å². The van der Waals surface area contributed by atoms with Gasteiger partial charge in [-0.05, 0) is 18.8 Å². The lowest BCUT2D eigenvalue weighted by molar-refractivity contribution is -0.134. The van der Waals surface area contributed by atoms with E-state index >= 15 is 0 Å². The zero-order valence-electron chi connectivity index (χ0n) is 10.6. The van der Waals surface area contributed by atoms with E-state index in [1.807, 2.05) is 6.92 Å². The standard InChI is InChI=1S/C14H18O3/c1-13(2)6-9(15)12-8-4-5-11(16)14(8,3)17-10(12)7-13/h8H,4-7H2,1-3H3/t8-,14+/m0/s1. The van der Waals surface area contributed by atoms with Gasteiger partial charge in [0.1, 0.15) is 5.76 Å². The molecule has 1 fully saturated rings. The number of carbonyl (C=O) groups excluding carboxylic acids is 2. The zero-order chi connectivity index (χ0) is 12.4. The Hall–Kier alpha value is -1.12. The number of hydrogen-bond acceptors (Lipinski definition) is 3. The summed E-state index contributed by atoms with van der Waals surface area (Å²) in [6, 6.07) is 0. The van der Waals surface area contributed by atoms with Crippen molar-refractivity contribution >= 4 is 11.6 Å². The van der Waals surface area contributed by atoms with Gasteiger partial charge in [0.15, 0.2) is 17.2 Å². The Bertz CT molecular complexity index is 458. The molecular formula is C14H18O3. The van der Waals surface area contributed by atoms with Crippen molar-refractivity contribution in [2.45, 2.75) is 52.1 Å². The molecule has 0 aromatic heterocycles. The molecule has 0 bridgehead atoms. The van der Waals surface area contributed by atoms with Crippen molar-refractivity contribution in [2.24, 2.45) is 11.3 Å². The van der Waals surface area contributed by atoms with Gasteiger partial charge in [-0.1, -0.05) is 13.8 Å². The summed E-state index contributed by atoms with van der Waals surface area (Å²) in [5, 5.41) is 0. The van der Waals surface area contributed by atoms with Gasteiger partial charge >= 0.3 is 0 Å². The van der Waals surface area contributed by atoms with Crippen LogP contribution in [0, 0.1) is 11.3 Å². The maximum absolute atomic E-state index is 12.2. The molecule has 0 amide bonds. The second-order valence-corrected chi connectivity index (χ2v) is 6.50. The predicted octanol–water partition coefficient (Wildman–Crippen LogP) is 2.40. The first-order valence-corrected chi connectivity index (χ1v) is 6.32. The molecule has 3 aliphatic rings. The van der Waals surface area contributed by atoms with Crippen LogP contribution in [0.15, 0.2) is 11.3 Å². The van der Waals surface area contributed by atoms with E-state index in [2.05, 4.69) is 13.8 Å². The lowest BCUT2D eigenvalue weighted by atomic mass is 9.73. The van der Waals surface area contributed by atoms with Crippen molar-refractivity contribution in [1.82, 2.24) is 0 Å². The Labute approximate surface area is 101 Å². The van der Waals surface area contributed by atoms with Crippen LogP contribution in [-0.4, -0.2) is 17.2 Å². The summed E-state index contributed by atoms with van der Waals surface area (Å²) in [6.45, 7) is 6.01. The van der Waals surface area contributed by atoms with Crippen LogP contribution in [0.2, 0.25) is 0 Å². The summed E-state index contributed by atoms with van der Waals surface area (Å²) in [4.78, 5) is 24.2. The molecule has 0 spiro atoms. The van der Waals surface area contributed by atoms with Gasteiger partial charge in [-0.2, -0.15) is 0 Å². The van der Waals surface area contributed by atoms with Crippen molar-refractivity contribution in [1.29, 1.82) is 0 Å². The van der Waals surface area contributed by atoms with Gasteiger partial charge in [0.2, 0.25) is 0 Å². The van der Waals surface area contributed by atoms with Crippen LogP contribution < -0.4 is 0 Å². The van der Waals surface area contributed by atoms with Crippen LogP contribution in [0.25, 0.3) is 0 Å². The number of ketones is 2. The second-order valence-electron chi connectivity index (χ2n) is 6.50. The lowest BCUT2D eigenvalue weighted by Crippen LogP contribution is -2.36. The molecule has 0 aromatic carbocycles. The summed E-state index contributed by atoms with van der Waals surface area (Å²) in [5.74, 6) is 1.17. The molecule has 1 heterocycles. The summed E-state index contributed by atoms with van der Waals surface area (Å²) in [6.07, 6.45) is 2.69. The van der Waals surface area contributed by atoms with Gasteiger partial charge in [0.25, 0.3) is 0 Å². The predicted molar refractivity (Wildman–Crippen MR) is 62.3 cm³/mol. The molecule has 0 aromatic rings. The fourth-order valence-corrected chi connectivity index (χ4v) is 3.55. The quantitative estimate of drug-likeness (QED) is 0.646. The van der Waals surface area contributed by atoms with E-state index in [0.29, 0.717) is 12.8 Å². The molecule has 17 heavy (non-hydrogen) atoms. The van der Waals surface area contributed by atoms with E-state index in [9.17, 15) is 9.59 Å². The molecule has 0 unspecified atom stereocenters. The first-order chi connectivity index (χ1) is 7.83. The van der Waals surface area contributed by atoms with Crippen LogP contribution in [0.4, 0.5) is 0 Å². The minimum Gasteiger partial charge on any atom is -0.483 e. The average molecular weight is 234 g/mol. The largest absolute Gasteiger partial charge is 0.483 e. The average Bonchev–Trinajstić information content (AvgIpc) is 2.59. The monoisotopic (exact) mass is 234 g/mol. The van der Waals surface area contributed by atoms with Crippen LogP contribution in [0.1, 0.15) is 46.5 Å². The maximum Gasteiger partial charge on any atom is 0.176 e. The van der Waals surface area contributed by atoms with Gasteiger partial charge < -0.3 is 4.74 Å². The molecule has 92 valence electrons. The molecular weight excluding hydrogens is 216 g/mol. The minimum absolute atomic E-state index is 0.0219. The van der Waals surface area contributed by atoms with Crippen molar-refractivity contribution < 1.29 is 14.3 Å². The zero-order valence-corrected chi connectivity index (χ0v) is 10.6. The summed E-state index contributed by atoms with van der Waals surface area (Å²) in [7, 11) is 0. The van der Waals surface area contributed by atoms with Gasteiger partial charge in [-0.3, -0.25) is 9.59 Å². The molecule has 3 nitrogen and oxygen atoms in total. The lowest BCUT2D eigenvalue weighted by Gasteiger charge is -2.29. The molecule has 1 saturated carbocycles. The van der Waals surface area contributed by atoms with Gasteiger partial charge in [-0.25, -0.2) is 0 Å². The smallest absolute Gasteiger partial charge is 0.176 e. The fraction of sp³-hybridized carbons (Fsp3) is 0.714. The van der Waals surface area contributed by atoms with Crippen LogP contribution >= 0.6 is 0 Å².